The number of benzene rings is 3. The van der Waals surface area contributed by atoms with Crippen LogP contribution in [0.5, 0.6) is 11.5 Å². The molecule has 11 nitrogen and oxygen atoms in total. The molecule has 0 bridgehead atoms. The number of para-hydroxylation sites is 2. The lowest BCUT2D eigenvalue weighted by atomic mass is 10.2. The fraction of sp³-hybridized carbons (Fsp3) is 0.143. The predicted molar refractivity (Wildman–Crippen MR) is 148 cm³/mol. The quantitative estimate of drug-likeness (QED) is 0.309. The number of rotatable bonds is 7. The van der Waals surface area contributed by atoms with Crippen LogP contribution in [0.4, 0.5) is 17.3 Å². The maximum atomic E-state index is 12.7. The summed E-state index contributed by atoms with van der Waals surface area (Å²) < 4.78 is 39.1. The average molecular weight is 560 g/mol. The third-order valence-electron chi connectivity index (χ3n) is 5.85. The summed E-state index contributed by atoms with van der Waals surface area (Å²) in [6, 6.07) is 20.9. The highest BCUT2D eigenvalue weighted by Crippen LogP contribution is 2.31. The summed E-state index contributed by atoms with van der Waals surface area (Å²) in [4.78, 5) is 33.5. The van der Waals surface area contributed by atoms with Gasteiger partial charge in [-0.15, -0.1) is 0 Å². The molecule has 0 spiro atoms. The molecule has 12 heteroatoms. The first-order valence-corrected chi connectivity index (χ1v) is 13.7. The fourth-order valence-corrected chi connectivity index (χ4v) is 4.89. The van der Waals surface area contributed by atoms with E-state index in [0.717, 1.165) is 0 Å². The van der Waals surface area contributed by atoms with Gasteiger partial charge in [-0.1, -0.05) is 12.1 Å². The number of carbonyl (C=O) groups excluding carboxylic acids is 2. The summed E-state index contributed by atoms with van der Waals surface area (Å²) in [6.45, 7) is 3.57. The Morgan fingerprint density at radius 1 is 0.825 bits per heavy atom. The van der Waals surface area contributed by atoms with Crippen LogP contribution in [-0.4, -0.2) is 42.9 Å². The number of nitrogens with zero attached hydrogens (tertiary/aromatic N) is 2. The Balaban J connectivity index is 1.17. The van der Waals surface area contributed by atoms with E-state index in [-0.39, 0.29) is 23.4 Å². The van der Waals surface area contributed by atoms with Crippen molar-refractivity contribution in [2.45, 2.75) is 24.8 Å². The Bertz CT molecular complexity index is 1650. The number of hydrogen-bond donors (Lipinski definition) is 3. The van der Waals surface area contributed by atoms with E-state index in [9.17, 15) is 18.0 Å². The third kappa shape index (κ3) is 6.18. The minimum atomic E-state index is -3.92. The van der Waals surface area contributed by atoms with Crippen molar-refractivity contribution in [3.8, 4) is 11.5 Å². The lowest BCUT2D eigenvalue weighted by Crippen LogP contribution is -2.40. The summed E-state index contributed by atoms with van der Waals surface area (Å²) in [7, 11) is -3.92. The zero-order valence-electron chi connectivity index (χ0n) is 21.5. The number of anilines is 3. The van der Waals surface area contributed by atoms with Crippen LogP contribution in [0.15, 0.2) is 83.8 Å². The molecule has 4 aromatic rings. The van der Waals surface area contributed by atoms with Gasteiger partial charge in [0.2, 0.25) is 12.1 Å². The molecule has 1 aliphatic heterocycles. The van der Waals surface area contributed by atoms with Crippen molar-refractivity contribution >= 4 is 39.2 Å². The van der Waals surface area contributed by atoms with Crippen LogP contribution < -0.4 is 24.8 Å². The van der Waals surface area contributed by atoms with Gasteiger partial charge in [-0.2, -0.15) is 0 Å². The molecule has 3 N–H and O–H groups in total. The lowest BCUT2D eigenvalue weighted by Gasteiger charge is -2.25. The first-order valence-electron chi connectivity index (χ1n) is 12.2. The van der Waals surface area contributed by atoms with E-state index in [4.69, 9.17) is 9.47 Å². The molecule has 3 aromatic carbocycles. The zero-order chi connectivity index (χ0) is 28.3. The molecule has 1 atom stereocenters. The number of ether oxygens (including phenoxy) is 2. The molecular weight excluding hydrogens is 534 g/mol. The topological polar surface area (TPSA) is 149 Å². The van der Waals surface area contributed by atoms with E-state index in [2.05, 4.69) is 25.3 Å². The number of hydrogen-bond acceptors (Lipinski definition) is 8. The second-order valence-corrected chi connectivity index (χ2v) is 10.7. The average Bonchev–Trinajstić information content (AvgIpc) is 2.92. The van der Waals surface area contributed by atoms with Crippen molar-refractivity contribution in [3.05, 3.63) is 95.8 Å². The summed E-state index contributed by atoms with van der Waals surface area (Å²) in [5, 5.41) is 5.47. The molecule has 2 heterocycles. The van der Waals surface area contributed by atoms with Gasteiger partial charge < -0.3 is 20.1 Å². The minimum absolute atomic E-state index is 0.0100. The van der Waals surface area contributed by atoms with Crippen LogP contribution in [0.2, 0.25) is 0 Å². The van der Waals surface area contributed by atoms with Gasteiger partial charge >= 0.3 is 0 Å². The van der Waals surface area contributed by atoms with E-state index in [1.54, 1.807) is 62.4 Å². The third-order valence-corrected chi connectivity index (χ3v) is 7.19. The van der Waals surface area contributed by atoms with E-state index in [1.807, 2.05) is 6.07 Å². The summed E-state index contributed by atoms with van der Waals surface area (Å²) in [5.41, 5.74) is 2.50. The molecule has 1 unspecified atom stereocenters. The lowest BCUT2D eigenvalue weighted by molar-refractivity contribution is -0.125. The van der Waals surface area contributed by atoms with E-state index >= 15 is 0 Å². The highest BCUT2D eigenvalue weighted by molar-refractivity contribution is 7.92. The van der Waals surface area contributed by atoms with Crippen molar-refractivity contribution in [2.75, 3.05) is 22.0 Å². The smallest absolute Gasteiger partial charge is 0.269 e. The van der Waals surface area contributed by atoms with Crippen LogP contribution in [0.25, 0.3) is 0 Å². The molecule has 1 aliphatic rings. The largest absolute Gasteiger partial charge is 0.485 e. The van der Waals surface area contributed by atoms with E-state index in [1.165, 1.54) is 24.3 Å². The van der Waals surface area contributed by atoms with Gasteiger partial charge in [-0.25, -0.2) is 23.1 Å². The highest BCUT2D eigenvalue weighted by Gasteiger charge is 2.27. The maximum Gasteiger partial charge on any atom is 0.269 e. The molecule has 0 aliphatic carbocycles. The van der Waals surface area contributed by atoms with Crippen LogP contribution in [0, 0.1) is 13.8 Å². The normalized spacial score (nSPS) is 14.2. The second-order valence-electron chi connectivity index (χ2n) is 8.99. The van der Waals surface area contributed by atoms with Crippen LogP contribution in [0.1, 0.15) is 21.7 Å². The molecule has 0 radical (unpaired) electrons. The van der Waals surface area contributed by atoms with Gasteiger partial charge in [-0.05, 0) is 80.6 Å². The number of sulfonamides is 1. The molecule has 40 heavy (non-hydrogen) atoms. The maximum absolute atomic E-state index is 12.7. The number of carbonyl (C=O) groups is 2. The summed E-state index contributed by atoms with van der Waals surface area (Å²) >= 11 is 0. The standard InChI is InChI=1S/C28H25N5O6S/c1-17-15-18(2)30-28(29-17)33-40(36,37)22-13-11-21(12-14-22)31-26(34)19-7-9-20(10-8-19)32-27(35)25-16-38-23-5-3-4-6-24(23)39-25/h3-15,25H,16H2,1-2H3,(H,31,34)(H,32,35)(H,29,30,33). The van der Waals surface area contributed by atoms with Crippen molar-refractivity contribution in [1.82, 2.24) is 9.97 Å². The van der Waals surface area contributed by atoms with Crippen molar-refractivity contribution in [2.24, 2.45) is 0 Å². The zero-order valence-corrected chi connectivity index (χ0v) is 22.4. The van der Waals surface area contributed by atoms with Gasteiger partial charge in [0, 0.05) is 28.3 Å². The van der Waals surface area contributed by atoms with Crippen molar-refractivity contribution in [1.29, 1.82) is 0 Å². The monoisotopic (exact) mass is 559 g/mol. The minimum Gasteiger partial charge on any atom is -0.485 e. The fourth-order valence-electron chi connectivity index (χ4n) is 3.95. The molecule has 204 valence electrons. The van der Waals surface area contributed by atoms with Crippen LogP contribution in [-0.2, 0) is 14.8 Å². The molecule has 5 rings (SSSR count). The van der Waals surface area contributed by atoms with Crippen LogP contribution in [0.3, 0.4) is 0 Å². The Kier molecular flexibility index (Phi) is 7.34. The second kappa shape index (κ2) is 11.0. The molecule has 0 saturated heterocycles. The number of aromatic nitrogens is 2. The number of aryl methyl sites for hydroxylation is 2. The molecule has 0 fully saturated rings. The molecule has 2 amide bonds. The van der Waals surface area contributed by atoms with Gasteiger partial charge in [0.1, 0.15) is 6.61 Å². The Morgan fingerprint density at radius 3 is 2.10 bits per heavy atom. The molecule has 1 aromatic heterocycles. The Morgan fingerprint density at radius 2 is 1.43 bits per heavy atom. The van der Waals surface area contributed by atoms with Gasteiger partial charge in [0.05, 0.1) is 4.90 Å². The Labute approximate surface area is 230 Å². The predicted octanol–water partition coefficient (Wildman–Crippen LogP) is 3.93. The Hall–Kier alpha value is -4.97. The van der Waals surface area contributed by atoms with Gasteiger partial charge in [-0.3, -0.25) is 9.59 Å². The van der Waals surface area contributed by atoms with E-state index in [0.29, 0.717) is 39.8 Å². The first kappa shape index (κ1) is 26.6. The van der Waals surface area contributed by atoms with Gasteiger partial charge in [0.25, 0.3) is 21.8 Å². The van der Waals surface area contributed by atoms with E-state index < -0.39 is 22.0 Å². The SMILES string of the molecule is Cc1cc(C)nc(NS(=O)(=O)c2ccc(NC(=O)c3ccc(NC(=O)C4COc5ccccc5O4)cc3)cc2)n1. The number of nitrogens with one attached hydrogen (secondary N) is 3. The summed E-state index contributed by atoms with van der Waals surface area (Å²) in [5.74, 6) is 0.288. The van der Waals surface area contributed by atoms with Gasteiger partial charge in [0.15, 0.2) is 11.5 Å². The highest BCUT2D eigenvalue weighted by atomic mass is 32.2. The number of fused-ring (bicyclic) bond motifs is 1. The molecular formula is C28H25N5O6S. The molecule has 0 saturated carbocycles. The van der Waals surface area contributed by atoms with Crippen LogP contribution >= 0.6 is 0 Å². The van der Waals surface area contributed by atoms with Crippen molar-refractivity contribution in [3.63, 3.8) is 0 Å². The number of amides is 2. The van der Waals surface area contributed by atoms with Crippen molar-refractivity contribution < 1.29 is 27.5 Å². The summed E-state index contributed by atoms with van der Waals surface area (Å²) in [6.07, 6.45) is -0.812. The first-order chi connectivity index (χ1) is 19.2.